The summed E-state index contributed by atoms with van der Waals surface area (Å²) in [6.07, 6.45) is 0.461. The van der Waals surface area contributed by atoms with Crippen LogP contribution in [0.15, 0.2) is 30.3 Å². The summed E-state index contributed by atoms with van der Waals surface area (Å²) in [6, 6.07) is 11.3. The summed E-state index contributed by atoms with van der Waals surface area (Å²) in [7, 11) is 0. The molecular weight excluding hydrogens is 304 g/mol. The fourth-order valence-corrected chi connectivity index (χ4v) is 3.03. The van der Waals surface area contributed by atoms with Gasteiger partial charge in [-0.05, 0) is 25.8 Å². The number of rotatable bonds is 6. The molecule has 1 aliphatic heterocycles. The molecule has 24 heavy (non-hydrogen) atoms. The van der Waals surface area contributed by atoms with Gasteiger partial charge in [0.25, 0.3) is 0 Å². The van der Waals surface area contributed by atoms with Crippen LogP contribution in [-0.2, 0) is 16.1 Å². The molecule has 0 bridgehead atoms. The van der Waals surface area contributed by atoms with E-state index in [2.05, 4.69) is 10.6 Å². The highest BCUT2D eigenvalue weighted by Crippen LogP contribution is 2.22. The minimum absolute atomic E-state index is 0.0440. The lowest BCUT2D eigenvalue weighted by Crippen LogP contribution is -2.45. The summed E-state index contributed by atoms with van der Waals surface area (Å²) in [5, 5.41) is 14.9. The molecule has 2 N–H and O–H groups in total. The zero-order chi connectivity index (χ0) is 17.5. The molecule has 1 saturated heterocycles. The van der Waals surface area contributed by atoms with E-state index >= 15 is 0 Å². The summed E-state index contributed by atoms with van der Waals surface area (Å²) < 4.78 is 0. The van der Waals surface area contributed by atoms with E-state index in [4.69, 9.17) is 5.26 Å². The largest absolute Gasteiger partial charge is 0.352 e. The van der Waals surface area contributed by atoms with Crippen molar-refractivity contribution >= 4 is 11.8 Å². The van der Waals surface area contributed by atoms with Crippen LogP contribution in [0.25, 0.3) is 0 Å². The number of hydrogen-bond donors (Lipinski definition) is 2. The van der Waals surface area contributed by atoms with E-state index in [1.54, 1.807) is 0 Å². The average Bonchev–Trinajstić information content (AvgIpc) is 2.99. The second kappa shape index (κ2) is 8.46. The number of amides is 2. The predicted octanol–water partition coefficient (Wildman–Crippen LogP) is 1.04. The summed E-state index contributed by atoms with van der Waals surface area (Å²) in [5.74, 6) is -0.398. The third kappa shape index (κ3) is 4.33. The fraction of sp³-hybridized carbons (Fsp3) is 0.500. The van der Waals surface area contributed by atoms with Crippen LogP contribution >= 0.6 is 0 Å². The molecule has 0 aliphatic carbocycles. The molecule has 1 heterocycles. The summed E-state index contributed by atoms with van der Waals surface area (Å²) >= 11 is 0. The van der Waals surface area contributed by atoms with Gasteiger partial charge in [-0.1, -0.05) is 30.3 Å². The van der Waals surface area contributed by atoms with E-state index in [1.807, 2.05) is 50.2 Å². The highest BCUT2D eigenvalue weighted by molar-refractivity contribution is 5.86. The molecule has 6 nitrogen and oxygen atoms in total. The van der Waals surface area contributed by atoms with Crippen LogP contribution in [0.4, 0.5) is 0 Å². The van der Waals surface area contributed by atoms with Crippen molar-refractivity contribution in [2.24, 2.45) is 5.92 Å². The number of nitrogens with zero attached hydrogens (tertiary/aromatic N) is 2. The van der Waals surface area contributed by atoms with E-state index in [0.717, 1.165) is 5.56 Å². The van der Waals surface area contributed by atoms with Gasteiger partial charge < -0.3 is 15.5 Å². The van der Waals surface area contributed by atoms with Gasteiger partial charge >= 0.3 is 0 Å². The van der Waals surface area contributed by atoms with Crippen molar-refractivity contribution in [3.8, 4) is 6.07 Å². The van der Waals surface area contributed by atoms with Crippen molar-refractivity contribution in [3.63, 3.8) is 0 Å². The second-order valence-electron chi connectivity index (χ2n) is 6.06. The van der Waals surface area contributed by atoms with E-state index in [-0.39, 0.29) is 30.3 Å². The number of nitrogens with one attached hydrogen (secondary N) is 2. The third-order valence-corrected chi connectivity index (χ3v) is 4.46. The molecule has 1 fully saturated rings. The van der Waals surface area contributed by atoms with Gasteiger partial charge in [-0.15, -0.1) is 0 Å². The maximum atomic E-state index is 12.4. The molecule has 0 saturated carbocycles. The van der Waals surface area contributed by atoms with Crippen LogP contribution in [0.5, 0.6) is 0 Å². The monoisotopic (exact) mass is 328 g/mol. The summed E-state index contributed by atoms with van der Waals surface area (Å²) in [4.78, 5) is 26.4. The molecule has 0 aromatic heterocycles. The Balaban J connectivity index is 1.91. The lowest BCUT2D eigenvalue weighted by atomic mass is 9.98. The first kappa shape index (κ1) is 18.0. The van der Waals surface area contributed by atoms with Crippen LogP contribution < -0.4 is 10.6 Å². The Hall–Kier alpha value is -2.39. The van der Waals surface area contributed by atoms with Crippen molar-refractivity contribution in [2.45, 2.75) is 38.9 Å². The first-order valence-corrected chi connectivity index (χ1v) is 8.30. The molecular formula is C18H24N4O2. The lowest BCUT2D eigenvalue weighted by molar-refractivity contribution is -0.132. The van der Waals surface area contributed by atoms with Crippen molar-refractivity contribution in [1.82, 2.24) is 15.5 Å². The SMILES string of the molecule is CCN(CC#N)C(=O)[C@@H]1C[C@H](C(=O)NCc2ccccc2)[C@H](C)N1. The molecule has 0 spiro atoms. The Morgan fingerprint density at radius 1 is 1.38 bits per heavy atom. The van der Waals surface area contributed by atoms with Crippen LogP contribution in [0.2, 0.25) is 0 Å². The molecule has 1 aromatic carbocycles. The fourth-order valence-electron chi connectivity index (χ4n) is 3.03. The maximum Gasteiger partial charge on any atom is 0.240 e. The van der Waals surface area contributed by atoms with E-state index in [1.165, 1.54) is 4.90 Å². The second-order valence-corrected chi connectivity index (χ2v) is 6.06. The predicted molar refractivity (Wildman–Crippen MR) is 90.6 cm³/mol. The minimum Gasteiger partial charge on any atom is -0.352 e. The number of nitriles is 1. The van der Waals surface area contributed by atoms with Gasteiger partial charge in [0.1, 0.15) is 6.54 Å². The number of likely N-dealkylation sites (N-methyl/N-ethyl adjacent to an activating group) is 1. The van der Waals surface area contributed by atoms with Gasteiger partial charge in [0.05, 0.1) is 18.0 Å². The van der Waals surface area contributed by atoms with E-state index in [9.17, 15) is 9.59 Å². The van der Waals surface area contributed by atoms with Crippen LogP contribution in [0, 0.1) is 17.2 Å². The third-order valence-electron chi connectivity index (χ3n) is 4.46. The van der Waals surface area contributed by atoms with Gasteiger partial charge in [-0.3, -0.25) is 9.59 Å². The van der Waals surface area contributed by atoms with Crippen LogP contribution in [0.3, 0.4) is 0 Å². The maximum absolute atomic E-state index is 12.4. The molecule has 1 aromatic rings. The molecule has 2 rings (SSSR count). The van der Waals surface area contributed by atoms with Gasteiger partial charge in [-0.2, -0.15) is 5.26 Å². The summed E-state index contributed by atoms with van der Waals surface area (Å²) in [6.45, 7) is 4.81. The summed E-state index contributed by atoms with van der Waals surface area (Å²) in [5.41, 5.74) is 1.04. The molecule has 0 radical (unpaired) electrons. The van der Waals surface area contributed by atoms with Crippen LogP contribution in [0.1, 0.15) is 25.8 Å². The molecule has 1 aliphatic rings. The van der Waals surface area contributed by atoms with Gasteiger partial charge in [-0.25, -0.2) is 0 Å². The van der Waals surface area contributed by atoms with Crippen molar-refractivity contribution in [1.29, 1.82) is 5.26 Å². The van der Waals surface area contributed by atoms with Gasteiger partial charge in [0.15, 0.2) is 0 Å². The molecule has 6 heteroatoms. The quantitative estimate of drug-likeness (QED) is 0.764. The molecule has 3 atom stereocenters. The first-order valence-electron chi connectivity index (χ1n) is 8.30. The Kier molecular flexibility index (Phi) is 6.33. The van der Waals surface area contributed by atoms with Crippen molar-refractivity contribution in [3.05, 3.63) is 35.9 Å². The first-order chi connectivity index (χ1) is 11.6. The van der Waals surface area contributed by atoms with E-state index < -0.39 is 6.04 Å². The number of hydrogen-bond acceptors (Lipinski definition) is 4. The van der Waals surface area contributed by atoms with Gasteiger partial charge in [0, 0.05) is 19.1 Å². The van der Waals surface area contributed by atoms with Crippen LogP contribution in [-0.4, -0.2) is 41.9 Å². The Morgan fingerprint density at radius 3 is 2.71 bits per heavy atom. The zero-order valence-corrected chi connectivity index (χ0v) is 14.2. The van der Waals surface area contributed by atoms with Crippen molar-refractivity contribution < 1.29 is 9.59 Å². The highest BCUT2D eigenvalue weighted by Gasteiger charge is 2.39. The standard InChI is InChI=1S/C18H24N4O2/c1-3-22(10-9-19)18(24)16-11-15(13(2)21-16)17(23)20-12-14-7-5-4-6-8-14/h4-8,13,15-16,21H,3,10-12H2,1-2H3,(H,20,23)/t13-,15-,16-/m0/s1. The lowest BCUT2D eigenvalue weighted by Gasteiger charge is -2.21. The smallest absolute Gasteiger partial charge is 0.240 e. The zero-order valence-electron chi connectivity index (χ0n) is 14.2. The van der Waals surface area contributed by atoms with E-state index in [0.29, 0.717) is 19.5 Å². The molecule has 2 amide bonds. The number of carbonyl (C=O) groups is 2. The number of carbonyl (C=O) groups excluding carboxylic acids is 2. The Labute approximate surface area is 142 Å². The van der Waals surface area contributed by atoms with Crippen molar-refractivity contribution in [2.75, 3.05) is 13.1 Å². The number of benzene rings is 1. The highest BCUT2D eigenvalue weighted by atomic mass is 16.2. The van der Waals surface area contributed by atoms with Gasteiger partial charge in [0.2, 0.25) is 11.8 Å². The molecule has 128 valence electrons. The normalized spacial score (nSPS) is 22.6. The minimum atomic E-state index is -0.402. The average molecular weight is 328 g/mol. The Bertz CT molecular complexity index is 611. The Morgan fingerprint density at radius 2 is 2.08 bits per heavy atom. The topological polar surface area (TPSA) is 85.2 Å². The molecule has 0 unspecified atom stereocenters.